The largest absolute Gasteiger partial charge is 0.400 e. The van der Waals surface area contributed by atoms with Gasteiger partial charge in [-0.2, -0.15) is 4.98 Å². The van der Waals surface area contributed by atoms with Crippen LogP contribution >= 0.6 is 0 Å². The summed E-state index contributed by atoms with van der Waals surface area (Å²) < 4.78 is 10.1. The van der Waals surface area contributed by atoms with Crippen LogP contribution in [0.4, 0.5) is 6.01 Å². The third-order valence-corrected chi connectivity index (χ3v) is 2.08. The Morgan fingerprint density at radius 3 is 2.53 bits per heavy atom. The summed E-state index contributed by atoms with van der Waals surface area (Å²) in [6, 6.07) is 9.35. The van der Waals surface area contributed by atoms with Crippen molar-refractivity contribution in [2.24, 2.45) is 0 Å². The molecule has 0 aliphatic rings. The van der Waals surface area contributed by atoms with Gasteiger partial charge in [-0.25, -0.2) is 0 Å². The second kappa shape index (κ2) is 3.71. The fourth-order valence-corrected chi connectivity index (χ4v) is 1.33. The number of rotatable bonds is 2. The van der Waals surface area contributed by atoms with E-state index >= 15 is 0 Å². The Labute approximate surface area is 95.3 Å². The van der Waals surface area contributed by atoms with Crippen molar-refractivity contribution in [3.05, 3.63) is 30.3 Å². The van der Waals surface area contributed by atoms with E-state index in [0.29, 0.717) is 5.89 Å². The van der Waals surface area contributed by atoms with E-state index in [1.165, 1.54) is 0 Å². The Morgan fingerprint density at radius 2 is 1.82 bits per heavy atom. The van der Waals surface area contributed by atoms with Crippen molar-refractivity contribution >= 4 is 6.01 Å². The van der Waals surface area contributed by atoms with Gasteiger partial charge in [-0.15, -0.1) is 5.10 Å². The first-order valence-electron chi connectivity index (χ1n) is 4.81. The molecule has 0 saturated heterocycles. The highest BCUT2D eigenvalue weighted by Gasteiger charge is 2.15. The summed E-state index contributed by atoms with van der Waals surface area (Å²) >= 11 is 0. The number of nitrogen functional groups attached to an aromatic ring is 1. The maximum Gasteiger partial charge on any atom is 0.313 e. The molecule has 2 N–H and O–H groups in total. The van der Waals surface area contributed by atoms with Crippen LogP contribution in [0.1, 0.15) is 0 Å². The van der Waals surface area contributed by atoms with Gasteiger partial charge < -0.3 is 14.7 Å². The first-order chi connectivity index (χ1) is 8.33. The van der Waals surface area contributed by atoms with Crippen LogP contribution in [0.15, 0.2) is 39.3 Å². The summed E-state index contributed by atoms with van der Waals surface area (Å²) in [6.07, 6.45) is 0. The highest BCUT2D eigenvalue weighted by atomic mass is 16.5. The molecule has 3 aromatic rings. The summed E-state index contributed by atoms with van der Waals surface area (Å²) in [6.45, 7) is 0. The van der Waals surface area contributed by atoms with Crippen molar-refractivity contribution in [1.29, 1.82) is 0 Å². The van der Waals surface area contributed by atoms with E-state index in [4.69, 9.17) is 14.7 Å². The molecular weight excluding hydrogens is 222 g/mol. The van der Waals surface area contributed by atoms with Crippen LogP contribution < -0.4 is 5.73 Å². The number of nitrogens with zero attached hydrogens (tertiary/aromatic N) is 4. The van der Waals surface area contributed by atoms with E-state index in [0.717, 1.165) is 5.56 Å². The van der Waals surface area contributed by atoms with Crippen molar-refractivity contribution in [3.63, 3.8) is 0 Å². The van der Waals surface area contributed by atoms with Crippen LogP contribution in [-0.2, 0) is 0 Å². The summed E-state index contributed by atoms with van der Waals surface area (Å²) in [4.78, 5) is 4.13. The van der Waals surface area contributed by atoms with E-state index in [9.17, 15) is 0 Å². The minimum Gasteiger partial charge on any atom is -0.400 e. The molecule has 3 rings (SSSR count). The number of aromatic nitrogens is 4. The molecular formula is C10H7N5O2. The lowest BCUT2D eigenvalue weighted by molar-refractivity contribution is 0.429. The van der Waals surface area contributed by atoms with Crippen molar-refractivity contribution in [1.82, 2.24) is 20.3 Å². The standard InChI is InChI=1S/C10H7N5O2/c11-10-14-13-9(16-10)7-12-8(17-15-7)6-4-2-1-3-5-6/h1-5H,(H2,11,14). The van der Waals surface area contributed by atoms with Crippen LogP contribution in [0.25, 0.3) is 23.2 Å². The number of hydrogen-bond acceptors (Lipinski definition) is 7. The molecule has 0 bridgehead atoms. The molecule has 1 aromatic carbocycles. The molecule has 84 valence electrons. The number of nitrogens with two attached hydrogens (primary N) is 1. The van der Waals surface area contributed by atoms with Gasteiger partial charge in [0.25, 0.3) is 17.6 Å². The molecule has 0 radical (unpaired) electrons. The predicted molar refractivity (Wildman–Crippen MR) is 57.4 cm³/mol. The normalized spacial score (nSPS) is 10.6. The van der Waals surface area contributed by atoms with Gasteiger partial charge in [-0.05, 0) is 12.1 Å². The fourth-order valence-electron chi connectivity index (χ4n) is 1.33. The Hall–Kier alpha value is -2.70. The fraction of sp³-hybridized carbons (Fsp3) is 0. The minimum atomic E-state index is -0.0361. The summed E-state index contributed by atoms with van der Waals surface area (Å²) in [5.41, 5.74) is 6.13. The SMILES string of the molecule is Nc1nnc(-c2noc(-c3ccccc3)n2)o1. The van der Waals surface area contributed by atoms with E-state index in [2.05, 4.69) is 20.3 Å². The average Bonchev–Trinajstić information content (AvgIpc) is 2.98. The van der Waals surface area contributed by atoms with Crippen molar-refractivity contribution in [3.8, 4) is 23.2 Å². The van der Waals surface area contributed by atoms with E-state index in [1.54, 1.807) is 0 Å². The van der Waals surface area contributed by atoms with Crippen molar-refractivity contribution in [2.75, 3.05) is 5.73 Å². The topological polar surface area (TPSA) is 104 Å². The van der Waals surface area contributed by atoms with Crippen LogP contribution in [0.2, 0.25) is 0 Å². The van der Waals surface area contributed by atoms with E-state index in [1.807, 2.05) is 30.3 Å². The van der Waals surface area contributed by atoms with E-state index < -0.39 is 0 Å². The molecule has 0 saturated carbocycles. The first-order valence-corrected chi connectivity index (χ1v) is 4.81. The monoisotopic (exact) mass is 229 g/mol. The summed E-state index contributed by atoms with van der Waals surface area (Å²) in [5.74, 6) is 0.735. The average molecular weight is 229 g/mol. The molecule has 0 fully saturated rings. The van der Waals surface area contributed by atoms with Gasteiger partial charge in [0, 0.05) is 5.56 Å². The molecule has 2 aromatic heterocycles. The molecule has 0 atom stereocenters. The third-order valence-electron chi connectivity index (χ3n) is 2.08. The molecule has 7 heteroatoms. The second-order valence-corrected chi connectivity index (χ2v) is 3.23. The lowest BCUT2D eigenvalue weighted by Crippen LogP contribution is -1.81. The lowest BCUT2D eigenvalue weighted by Gasteiger charge is -1.89. The predicted octanol–water partition coefficient (Wildman–Crippen LogP) is 1.37. The highest BCUT2D eigenvalue weighted by molar-refractivity contribution is 5.55. The molecule has 0 unspecified atom stereocenters. The maximum absolute atomic E-state index is 5.31. The number of anilines is 1. The quantitative estimate of drug-likeness (QED) is 0.707. The zero-order valence-electron chi connectivity index (χ0n) is 8.57. The lowest BCUT2D eigenvalue weighted by atomic mass is 10.2. The van der Waals surface area contributed by atoms with Gasteiger partial charge in [0.1, 0.15) is 0 Å². The molecule has 0 aliphatic heterocycles. The van der Waals surface area contributed by atoms with Gasteiger partial charge in [-0.1, -0.05) is 28.5 Å². The Bertz CT molecular complexity index is 631. The van der Waals surface area contributed by atoms with Gasteiger partial charge in [0.15, 0.2) is 0 Å². The van der Waals surface area contributed by atoms with Crippen LogP contribution in [-0.4, -0.2) is 20.3 Å². The molecule has 2 heterocycles. The highest BCUT2D eigenvalue weighted by Crippen LogP contribution is 2.21. The molecule has 17 heavy (non-hydrogen) atoms. The zero-order valence-corrected chi connectivity index (χ0v) is 8.57. The van der Waals surface area contributed by atoms with Crippen LogP contribution in [0, 0.1) is 0 Å². The Balaban J connectivity index is 1.99. The van der Waals surface area contributed by atoms with Crippen molar-refractivity contribution in [2.45, 2.75) is 0 Å². The summed E-state index contributed by atoms with van der Waals surface area (Å²) in [7, 11) is 0. The molecule has 0 spiro atoms. The maximum atomic E-state index is 5.31. The zero-order chi connectivity index (χ0) is 11.7. The molecule has 0 amide bonds. The second-order valence-electron chi connectivity index (χ2n) is 3.23. The van der Waals surface area contributed by atoms with Crippen molar-refractivity contribution < 1.29 is 8.94 Å². The van der Waals surface area contributed by atoms with Crippen LogP contribution in [0.3, 0.4) is 0 Å². The smallest absolute Gasteiger partial charge is 0.313 e. The third kappa shape index (κ3) is 1.73. The number of hydrogen-bond donors (Lipinski definition) is 1. The van der Waals surface area contributed by atoms with Gasteiger partial charge in [-0.3, -0.25) is 0 Å². The molecule has 0 aliphatic carbocycles. The Morgan fingerprint density at radius 1 is 1.00 bits per heavy atom. The van der Waals surface area contributed by atoms with E-state index in [-0.39, 0.29) is 17.7 Å². The van der Waals surface area contributed by atoms with Gasteiger partial charge in [0.05, 0.1) is 0 Å². The van der Waals surface area contributed by atoms with Gasteiger partial charge >= 0.3 is 6.01 Å². The minimum absolute atomic E-state index is 0.0361. The Kier molecular flexibility index (Phi) is 2.08. The van der Waals surface area contributed by atoms with Crippen LogP contribution in [0.5, 0.6) is 0 Å². The summed E-state index contributed by atoms with van der Waals surface area (Å²) in [5, 5.41) is 10.9. The number of benzene rings is 1. The van der Waals surface area contributed by atoms with Gasteiger partial charge in [0.2, 0.25) is 0 Å². The molecule has 7 nitrogen and oxygen atoms in total. The first kappa shape index (κ1) is 9.52.